The summed E-state index contributed by atoms with van der Waals surface area (Å²) in [5, 5.41) is 2.62. The second-order valence-corrected chi connectivity index (χ2v) is 8.25. The third kappa shape index (κ3) is 4.56. The average molecular weight is 368 g/mol. The van der Waals surface area contributed by atoms with Gasteiger partial charge in [-0.05, 0) is 30.3 Å². The third-order valence-corrected chi connectivity index (χ3v) is 5.95. The Morgan fingerprint density at radius 2 is 1.88 bits per heavy atom. The number of amides is 1. The lowest BCUT2D eigenvalue weighted by molar-refractivity contribution is -0.113. The summed E-state index contributed by atoms with van der Waals surface area (Å²) in [7, 11) is -0.697. The van der Waals surface area contributed by atoms with Crippen LogP contribution < -0.4 is 5.32 Å². The van der Waals surface area contributed by atoms with Crippen LogP contribution in [0.3, 0.4) is 0 Å². The molecule has 2 rings (SSSR count). The molecule has 0 radical (unpaired) electrons. The van der Waals surface area contributed by atoms with Crippen LogP contribution in [0.5, 0.6) is 0 Å². The molecule has 2 aromatic carbocycles. The van der Waals surface area contributed by atoms with Gasteiger partial charge in [0.2, 0.25) is 15.9 Å². The van der Waals surface area contributed by atoms with Crippen LogP contribution in [0.4, 0.5) is 10.1 Å². The van der Waals surface area contributed by atoms with Crippen LogP contribution in [0.25, 0.3) is 0 Å². The standard InChI is InChI=1S/C16H17FN2O3S2/c1-19(2)24(21,22)13-7-5-6-12(10-13)18-16(20)11-23-15-9-4-3-8-14(15)17/h3-10H,11H2,1-2H3,(H,18,20). The number of rotatable bonds is 6. The summed E-state index contributed by atoms with van der Waals surface area (Å²) in [6.45, 7) is 0. The highest BCUT2D eigenvalue weighted by atomic mass is 32.2. The monoisotopic (exact) mass is 368 g/mol. The third-order valence-electron chi connectivity index (χ3n) is 3.09. The van der Waals surface area contributed by atoms with Gasteiger partial charge in [0, 0.05) is 24.7 Å². The molecule has 0 atom stereocenters. The van der Waals surface area contributed by atoms with Crippen molar-refractivity contribution in [2.75, 3.05) is 25.2 Å². The number of sulfonamides is 1. The molecule has 0 unspecified atom stereocenters. The smallest absolute Gasteiger partial charge is 0.242 e. The maximum Gasteiger partial charge on any atom is 0.242 e. The van der Waals surface area contributed by atoms with Crippen molar-refractivity contribution in [1.82, 2.24) is 4.31 Å². The Hall–Kier alpha value is -1.90. The number of nitrogens with zero attached hydrogens (tertiary/aromatic N) is 1. The molecule has 0 saturated carbocycles. The highest BCUT2D eigenvalue weighted by molar-refractivity contribution is 8.00. The molecule has 0 saturated heterocycles. The molecule has 5 nitrogen and oxygen atoms in total. The molecule has 0 aliphatic carbocycles. The van der Waals surface area contributed by atoms with Crippen molar-refractivity contribution >= 4 is 33.4 Å². The number of nitrogens with one attached hydrogen (secondary N) is 1. The summed E-state index contributed by atoms with van der Waals surface area (Å²) in [6, 6.07) is 12.2. The van der Waals surface area contributed by atoms with E-state index < -0.39 is 10.0 Å². The fourth-order valence-corrected chi connectivity index (χ4v) is 3.53. The summed E-state index contributed by atoms with van der Waals surface area (Å²) in [5.74, 6) is -0.706. The first-order chi connectivity index (χ1) is 11.3. The molecule has 0 aliphatic heterocycles. The SMILES string of the molecule is CN(C)S(=O)(=O)c1cccc(NC(=O)CSc2ccccc2F)c1. The van der Waals surface area contributed by atoms with Gasteiger partial charge in [0.1, 0.15) is 5.82 Å². The summed E-state index contributed by atoms with van der Waals surface area (Å²) < 4.78 is 38.8. The minimum Gasteiger partial charge on any atom is -0.325 e. The summed E-state index contributed by atoms with van der Waals surface area (Å²) in [6.07, 6.45) is 0. The highest BCUT2D eigenvalue weighted by Crippen LogP contribution is 2.22. The van der Waals surface area contributed by atoms with Gasteiger partial charge in [0.15, 0.2) is 0 Å². The van der Waals surface area contributed by atoms with Crippen molar-refractivity contribution in [3.63, 3.8) is 0 Å². The Balaban J connectivity index is 2.04. The van der Waals surface area contributed by atoms with E-state index in [0.717, 1.165) is 16.1 Å². The minimum absolute atomic E-state index is 0.0194. The largest absolute Gasteiger partial charge is 0.325 e. The number of anilines is 1. The molecule has 0 spiro atoms. The predicted octanol–water partition coefficient (Wildman–Crippen LogP) is 2.81. The van der Waals surface area contributed by atoms with Gasteiger partial charge >= 0.3 is 0 Å². The summed E-state index contributed by atoms with van der Waals surface area (Å²) in [4.78, 5) is 12.5. The van der Waals surface area contributed by atoms with Crippen LogP contribution in [0.1, 0.15) is 0 Å². The molecule has 1 amide bonds. The summed E-state index contributed by atoms with van der Waals surface area (Å²) in [5.41, 5.74) is 0.372. The Morgan fingerprint density at radius 1 is 1.17 bits per heavy atom. The van der Waals surface area contributed by atoms with E-state index >= 15 is 0 Å². The summed E-state index contributed by atoms with van der Waals surface area (Å²) >= 11 is 1.08. The molecule has 0 fully saturated rings. The number of benzene rings is 2. The first kappa shape index (κ1) is 18.4. The van der Waals surface area contributed by atoms with Crippen LogP contribution in [0.15, 0.2) is 58.3 Å². The second-order valence-electron chi connectivity index (χ2n) is 5.08. The maximum absolute atomic E-state index is 13.5. The number of carbonyl (C=O) groups is 1. The van der Waals surface area contributed by atoms with Crippen molar-refractivity contribution in [2.24, 2.45) is 0 Å². The first-order valence-corrected chi connectivity index (χ1v) is 9.43. The van der Waals surface area contributed by atoms with E-state index in [1.165, 1.54) is 32.3 Å². The maximum atomic E-state index is 13.5. The zero-order chi connectivity index (χ0) is 17.7. The number of hydrogen-bond donors (Lipinski definition) is 1. The molecule has 0 heterocycles. The normalized spacial score (nSPS) is 11.5. The number of thioether (sulfide) groups is 1. The fraction of sp³-hybridized carbons (Fsp3) is 0.188. The van der Waals surface area contributed by atoms with E-state index in [2.05, 4.69) is 5.32 Å². The quantitative estimate of drug-likeness (QED) is 0.796. The van der Waals surface area contributed by atoms with Gasteiger partial charge in [-0.3, -0.25) is 4.79 Å². The molecule has 2 aromatic rings. The van der Waals surface area contributed by atoms with E-state index in [9.17, 15) is 17.6 Å². The average Bonchev–Trinajstić information content (AvgIpc) is 2.54. The van der Waals surface area contributed by atoms with E-state index in [0.29, 0.717) is 10.6 Å². The van der Waals surface area contributed by atoms with Gasteiger partial charge in [-0.25, -0.2) is 17.1 Å². The van der Waals surface area contributed by atoms with Crippen LogP contribution in [0.2, 0.25) is 0 Å². The van der Waals surface area contributed by atoms with E-state index in [1.54, 1.807) is 30.3 Å². The molecule has 1 N–H and O–H groups in total. The fourth-order valence-electron chi connectivity index (χ4n) is 1.85. The van der Waals surface area contributed by atoms with Crippen molar-refractivity contribution in [3.8, 4) is 0 Å². The van der Waals surface area contributed by atoms with Gasteiger partial charge in [-0.15, -0.1) is 11.8 Å². The van der Waals surface area contributed by atoms with Crippen LogP contribution >= 0.6 is 11.8 Å². The zero-order valence-electron chi connectivity index (χ0n) is 13.2. The van der Waals surface area contributed by atoms with Crippen molar-refractivity contribution in [3.05, 3.63) is 54.3 Å². The van der Waals surface area contributed by atoms with Crippen molar-refractivity contribution in [1.29, 1.82) is 0 Å². The molecule has 8 heteroatoms. The van der Waals surface area contributed by atoms with E-state index in [4.69, 9.17) is 0 Å². The van der Waals surface area contributed by atoms with Crippen LogP contribution in [-0.4, -0.2) is 38.5 Å². The van der Waals surface area contributed by atoms with Crippen molar-refractivity contribution in [2.45, 2.75) is 9.79 Å². The van der Waals surface area contributed by atoms with Gasteiger partial charge < -0.3 is 5.32 Å². The van der Waals surface area contributed by atoms with Crippen LogP contribution in [0, 0.1) is 5.82 Å². The lowest BCUT2D eigenvalue weighted by Gasteiger charge is -2.12. The zero-order valence-corrected chi connectivity index (χ0v) is 14.8. The molecule has 0 bridgehead atoms. The molecule has 0 aromatic heterocycles. The lowest BCUT2D eigenvalue weighted by Crippen LogP contribution is -2.22. The highest BCUT2D eigenvalue weighted by Gasteiger charge is 2.17. The topological polar surface area (TPSA) is 66.5 Å². The molecular formula is C16H17FN2O3S2. The number of halogens is 1. The second kappa shape index (κ2) is 7.78. The van der Waals surface area contributed by atoms with Gasteiger partial charge in [0.25, 0.3) is 0 Å². The lowest BCUT2D eigenvalue weighted by atomic mass is 10.3. The molecule has 24 heavy (non-hydrogen) atoms. The van der Waals surface area contributed by atoms with Gasteiger partial charge in [-0.1, -0.05) is 18.2 Å². The Bertz CT molecular complexity index is 839. The van der Waals surface area contributed by atoms with Crippen LogP contribution in [-0.2, 0) is 14.8 Å². The Morgan fingerprint density at radius 3 is 2.54 bits per heavy atom. The Labute approximate surface area is 144 Å². The first-order valence-electron chi connectivity index (χ1n) is 7.00. The molecule has 0 aliphatic rings. The Kier molecular flexibility index (Phi) is 5.98. The van der Waals surface area contributed by atoms with Crippen molar-refractivity contribution < 1.29 is 17.6 Å². The predicted molar refractivity (Wildman–Crippen MR) is 93.1 cm³/mol. The van der Waals surface area contributed by atoms with E-state index in [-0.39, 0.29) is 22.4 Å². The van der Waals surface area contributed by atoms with E-state index in [1.807, 2.05) is 0 Å². The number of carbonyl (C=O) groups excluding carboxylic acids is 1. The molecular weight excluding hydrogens is 351 g/mol. The molecule has 128 valence electrons. The van der Waals surface area contributed by atoms with Gasteiger partial charge in [-0.2, -0.15) is 0 Å². The number of hydrogen-bond acceptors (Lipinski definition) is 4. The van der Waals surface area contributed by atoms with Gasteiger partial charge in [0.05, 0.1) is 10.6 Å². The minimum atomic E-state index is -3.57.